The molecular formula is C17H19N3O2. The van der Waals surface area contributed by atoms with Crippen molar-refractivity contribution >= 4 is 5.91 Å². The molecule has 1 amide bonds. The highest BCUT2D eigenvalue weighted by Gasteiger charge is 2.30. The van der Waals surface area contributed by atoms with Gasteiger partial charge in [-0.15, -0.1) is 0 Å². The summed E-state index contributed by atoms with van der Waals surface area (Å²) in [4.78, 5) is 14.7. The van der Waals surface area contributed by atoms with Crippen LogP contribution in [0.2, 0.25) is 0 Å². The smallest absolute Gasteiger partial charge is 0.274 e. The molecule has 2 heterocycles. The maximum absolute atomic E-state index is 12.8. The summed E-state index contributed by atoms with van der Waals surface area (Å²) in [5, 5.41) is 7.27. The minimum Gasteiger partial charge on any atom is -0.370 e. The lowest BCUT2D eigenvalue weighted by Crippen LogP contribution is -2.42. The third-order valence-corrected chi connectivity index (χ3v) is 4.53. The molecule has 2 aromatic rings. The quantitative estimate of drug-likeness (QED) is 0.923. The first kappa shape index (κ1) is 13.5. The van der Waals surface area contributed by atoms with Crippen molar-refractivity contribution in [3.63, 3.8) is 0 Å². The van der Waals surface area contributed by atoms with Crippen molar-refractivity contribution in [3.8, 4) is 0 Å². The van der Waals surface area contributed by atoms with Crippen LogP contribution in [0, 0.1) is 0 Å². The summed E-state index contributed by atoms with van der Waals surface area (Å²) < 4.78 is 5.83. The third-order valence-electron chi connectivity index (χ3n) is 4.53. The summed E-state index contributed by atoms with van der Waals surface area (Å²) in [7, 11) is 0. The molecule has 0 saturated carbocycles. The average Bonchev–Trinajstić information content (AvgIpc) is 3.18. The highest BCUT2D eigenvalue weighted by atomic mass is 16.5. The topological polar surface area (TPSA) is 58.2 Å². The van der Waals surface area contributed by atoms with Gasteiger partial charge in [-0.3, -0.25) is 9.89 Å². The summed E-state index contributed by atoms with van der Waals surface area (Å²) in [5.41, 5.74) is 3.98. The number of rotatable bonds is 2. The van der Waals surface area contributed by atoms with E-state index in [0.717, 1.165) is 36.1 Å². The molecule has 114 valence electrons. The molecule has 1 aliphatic carbocycles. The molecule has 4 rings (SSSR count). The predicted octanol–water partition coefficient (Wildman–Crippen LogP) is 2.11. The van der Waals surface area contributed by atoms with Crippen LogP contribution >= 0.6 is 0 Å². The van der Waals surface area contributed by atoms with Crippen LogP contribution in [0.4, 0.5) is 0 Å². The van der Waals surface area contributed by atoms with Crippen LogP contribution in [-0.4, -0.2) is 40.7 Å². The zero-order valence-corrected chi connectivity index (χ0v) is 12.4. The molecule has 0 radical (unpaired) electrons. The Labute approximate surface area is 129 Å². The summed E-state index contributed by atoms with van der Waals surface area (Å²) in [6, 6.07) is 10.1. The number of H-pyrrole nitrogens is 1. The molecule has 5 heteroatoms. The normalized spacial score (nSPS) is 20.9. The Hall–Kier alpha value is -2.14. The molecule has 0 spiro atoms. The van der Waals surface area contributed by atoms with E-state index in [2.05, 4.69) is 10.2 Å². The zero-order chi connectivity index (χ0) is 14.9. The number of aromatic nitrogens is 2. The van der Waals surface area contributed by atoms with Crippen molar-refractivity contribution in [2.24, 2.45) is 0 Å². The van der Waals surface area contributed by atoms with Crippen molar-refractivity contribution in [1.29, 1.82) is 0 Å². The number of fused-ring (bicyclic) bond motifs is 1. The van der Waals surface area contributed by atoms with Gasteiger partial charge in [-0.25, -0.2) is 0 Å². The van der Waals surface area contributed by atoms with Crippen LogP contribution in [0.15, 0.2) is 30.3 Å². The van der Waals surface area contributed by atoms with Gasteiger partial charge in [-0.2, -0.15) is 5.10 Å². The highest BCUT2D eigenvalue weighted by Crippen LogP contribution is 2.26. The van der Waals surface area contributed by atoms with Gasteiger partial charge >= 0.3 is 0 Å². The van der Waals surface area contributed by atoms with Gasteiger partial charge < -0.3 is 9.64 Å². The van der Waals surface area contributed by atoms with E-state index < -0.39 is 0 Å². The fraction of sp³-hybridized carbons (Fsp3) is 0.412. The van der Waals surface area contributed by atoms with Crippen LogP contribution < -0.4 is 0 Å². The number of ether oxygens (including phenoxy) is 1. The van der Waals surface area contributed by atoms with Crippen molar-refractivity contribution in [2.75, 3.05) is 19.7 Å². The van der Waals surface area contributed by atoms with Gasteiger partial charge in [0.2, 0.25) is 0 Å². The van der Waals surface area contributed by atoms with E-state index >= 15 is 0 Å². The third kappa shape index (κ3) is 2.31. The lowest BCUT2D eigenvalue weighted by atomic mass is 10.1. The van der Waals surface area contributed by atoms with E-state index in [9.17, 15) is 4.79 Å². The molecular weight excluding hydrogens is 278 g/mol. The maximum Gasteiger partial charge on any atom is 0.274 e. The first-order valence-corrected chi connectivity index (χ1v) is 7.85. The monoisotopic (exact) mass is 297 g/mol. The van der Waals surface area contributed by atoms with E-state index in [1.165, 1.54) is 0 Å². The standard InChI is InChI=1S/C17H19N3O2/c21-17(16-13-7-4-8-14(13)18-19-16)20-9-10-22-15(11-20)12-5-2-1-3-6-12/h1-3,5-6,15H,4,7-11H2,(H,18,19). The number of benzene rings is 1. The number of aromatic amines is 1. The van der Waals surface area contributed by atoms with Gasteiger partial charge in [0.05, 0.1) is 13.2 Å². The summed E-state index contributed by atoms with van der Waals surface area (Å²) >= 11 is 0. The molecule has 1 unspecified atom stereocenters. The van der Waals surface area contributed by atoms with Gasteiger partial charge in [-0.1, -0.05) is 30.3 Å². The zero-order valence-electron chi connectivity index (χ0n) is 12.4. The van der Waals surface area contributed by atoms with Crippen molar-refractivity contribution < 1.29 is 9.53 Å². The Balaban J connectivity index is 1.53. The largest absolute Gasteiger partial charge is 0.370 e. The fourth-order valence-electron chi connectivity index (χ4n) is 3.35. The number of nitrogens with one attached hydrogen (secondary N) is 1. The van der Waals surface area contributed by atoms with E-state index in [-0.39, 0.29) is 12.0 Å². The number of aryl methyl sites for hydroxylation is 1. The number of hydrogen-bond donors (Lipinski definition) is 1. The van der Waals surface area contributed by atoms with Gasteiger partial charge in [0.15, 0.2) is 5.69 Å². The highest BCUT2D eigenvalue weighted by molar-refractivity contribution is 5.94. The van der Waals surface area contributed by atoms with E-state index in [1.807, 2.05) is 35.2 Å². The Morgan fingerprint density at radius 3 is 3.00 bits per heavy atom. The SMILES string of the molecule is O=C(c1n[nH]c2c1CCC2)N1CCOC(c2ccccc2)C1. The van der Waals surface area contributed by atoms with Crippen molar-refractivity contribution in [1.82, 2.24) is 15.1 Å². The fourth-order valence-corrected chi connectivity index (χ4v) is 3.35. The molecule has 5 nitrogen and oxygen atoms in total. The van der Waals surface area contributed by atoms with Gasteiger partial charge in [0.25, 0.3) is 5.91 Å². The van der Waals surface area contributed by atoms with Crippen LogP contribution in [0.3, 0.4) is 0 Å². The minimum atomic E-state index is -0.0501. The predicted molar refractivity (Wildman–Crippen MR) is 81.7 cm³/mol. The Bertz CT molecular complexity index is 680. The molecule has 2 aliphatic rings. The van der Waals surface area contributed by atoms with Gasteiger partial charge in [-0.05, 0) is 24.8 Å². The molecule has 1 saturated heterocycles. The molecule has 1 aromatic heterocycles. The Morgan fingerprint density at radius 1 is 1.27 bits per heavy atom. The van der Waals surface area contributed by atoms with E-state index in [4.69, 9.17) is 4.74 Å². The van der Waals surface area contributed by atoms with Crippen LogP contribution in [0.5, 0.6) is 0 Å². The van der Waals surface area contributed by atoms with Crippen molar-refractivity contribution in [3.05, 3.63) is 52.8 Å². The second-order valence-corrected chi connectivity index (χ2v) is 5.90. The van der Waals surface area contributed by atoms with Crippen LogP contribution in [0.25, 0.3) is 0 Å². The van der Waals surface area contributed by atoms with E-state index in [1.54, 1.807) is 0 Å². The van der Waals surface area contributed by atoms with Gasteiger partial charge in [0.1, 0.15) is 6.10 Å². The van der Waals surface area contributed by atoms with Crippen LogP contribution in [0.1, 0.15) is 39.8 Å². The first-order chi connectivity index (χ1) is 10.8. The van der Waals surface area contributed by atoms with Gasteiger partial charge in [0, 0.05) is 17.8 Å². The average molecular weight is 297 g/mol. The number of carbonyl (C=O) groups excluding carboxylic acids is 1. The summed E-state index contributed by atoms with van der Waals surface area (Å²) in [6.07, 6.45) is 3.02. The number of morpholine rings is 1. The van der Waals surface area contributed by atoms with E-state index in [0.29, 0.717) is 25.4 Å². The molecule has 1 fully saturated rings. The number of amides is 1. The lowest BCUT2D eigenvalue weighted by Gasteiger charge is -2.33. The van der Waals surface area contributed by atoms with Crippen molar-refractivity contribution in [2.45, 2.75) is 25.4 Å². The molecule has 0 bridgehead atoms. The van der Waals surface area contributed by atoms with Crippen LogP contribution in [-0.2, 0) is 17.6 Å². The second kappa shape index (κ2) is 5.57. The molecule has 1 N–H and O–H groups in total. The lowest BCUT2D eigenvalue weighted by molar-refractivity contribution is -0.0230. The first-order valence-electron chi connectivity index (χ1n) is 7.85. The summed E-state index contributed by atoms with van der Waals surface area (Å²) in [5.74, 6) is 0.0311. The molecule has 1 atom stereocenters. The minimum absolute atomic E-state index is 0.0311. The summed E-state index contributed by atoms with van der Waals surface area (Å²) in [6.45, 7) is 1.78. The Morgan fingerprint density at radius 2 is 2.14 bits per heavy atom. The molecule has 1 aromatic carbocycles. The number of nitrogens with zero attached hydrogens (tertiary/aromatic N) is 2. The number of hydrogen-bond acceptors (Lipinski definition) is 3. The maximum atomic E-state index is 12.8. The number of carbonyl (C=O) groups is 1. The molecule has 22 heavy (non-hydrogen) atoms. The Kier molecular flexibility index (Phi) is 3.42. The molecule has 1 aliphatic heterocycles. The second-order valence-electron chi connectivity index (χ2n) is 5.90.